The molecule has 0 fully saturated rings. The Morgan fingerprint density at radius 2 is 1.20 bits per heavy atom. The van der Waals surface area contributed by atoms with Gasteiger partial charge in [0.1, 0.15) is 0 Å². The second-order valence-corrected chi connectivity index (χ2v) is 8.72. The van der Waals surface area contributed by atoms with Gasteiger partial charge in [0.05, 0.1) is 13.2 Å². The van der Waals surface area contributed by atoms with Gasteiger partial charge in [-0.25, -0.2) is 4.57 Å². The fourth-order valence-corrected chi connectivity index (χ4v) is 2.03. The van der Waals surface area contributed by atoms with Gasteiger partial charge in [0.15, 0.2) is 0 Å². The summed E-state index contributed by atoms with van der Waals surface area (Å²) in [7, 11) is 0. The van der Waals surface area contributed by atoms with Gasteiger partial charge in [-0.1, -0.05) is 41.5 Å². The molecule has 0 bridgehead atoms. The summed E-state index contributed by atoms with van der Waals surface area (Å²) in [5.41, 5.74) is -0.148. The van der Waals surface area contributed by atoms with Crippen LogP contribution in [0.15, 0.2) is 0 Å². The van der Waals surface area contributed by atoms with E-state index in [2.05, 4.69) is 0 Å². The topological polar surface area (TPSA) is 35.5 Å². The number of halogens is 1. The van der Waals surface area contributed by atoms with Crippen molar-refractivity contribution >= 4 is 18.2 Å². The van der Waals surface area contributed by atoms with Gasteiger partial charge in [-0.15, -0.1) is 0 Å². The van der Waals surface area contributed by atoms with Crippen LogP contribution in [-0.4, -0.2) is 13.2 Å². The quantitative estimate of drug-likeness (QED) is 0.697. The van der Waals surface area contributed by atoms with E-state index in [1.807, 2.05) is 41.5 Å². The van der Waals surface area contributed by atoms with Gasteiger partial charge in [0, 0.05) is 11.2 Å². The van der Waals surface area contributed by atoms with E-state index in [-0.39, 0.29) is 10.8 Å². The molecular formula is C10H22ClO3P. The highest BCUT2D eigenvalue weighted by Crippen LogP contribution is 2.55. The second kappa shape index (κ2) is 5.18. The van der Waals surface area contributed by atoms with E-state index in [9.17, 15) is 4.57 Å². The Balaban J connectivity index is 4.04. The van der Waals surface area contributed by atoms with Crippen molar-refractivity contribution in [1.82, 2.24) is 0 Å². The third-order valence-corrected chi connectivity index (χ3v) is 2.76. The van der Waals surface area contributed by atoms with Crippen LogP contribution in [0.4, 0.5) is 0 Å². The SMILES string of the molecule is CC(C)(C)COP(=O)(Cl)OCC(C)(C)C. The van der Waals surface area contributed by atoms with Crippen molar-refractivity contribution in [3.63, 3.8) is 0 Å². The minimum Gasteiger partial charge on any atom is -0.296 e. The van der Waals surface area contributed by atoms with E-state index in [0.717, 1.165) is 0 Å². The Labute approximate surface area is 97.8 Å². The largest absolute Gasteiger partial charge is 0.424 e. The first-order valence-electron chi connectivity index (χ1n) is 5.00. The Kier molecular flexibility index (Phi) is 5.33. The summed E-state index contributed by atoms with van der Waals surface area (Å²) in [6.07, 6.45) is 0. The smallest absolute Gasteiger partial charge is 0.296 e. The van der Waals surface area contributed by atoms with Crippen LogP contribution in [0, 0.1) is 10.8 Å². The molecule has 0 spiro atoms. The molecule has 0 aliphatic heterocycles. The summed E-state index contributed by atoms with van der Waals surface area (Å²) in [5, 5.41) is 0. The van der Waals surface area contributed by atoms with Gasteiger partial charge in [-0.3, -0.25) is 9.05 Å². The molecule has 0 aromatic heterocycles. The molecule has 0 aliphatic carbocycles. The van der Waals surface area contributed by atoms with E-state index in [4.69, 9.17) is 20.3 Å². The van der Waals surface area contributed by atoms with E-state index in [1.54, 1.807) is 0 Å². The van der Waals surface area contributed by atoms with E-state index < -0.39 is 6.95 Å². The molecule has 0 aliphatic rings. The van der Waals surface area contributed by atoms with Gasteiger partial charge in [0.2, 0.25) is 0 Å². The molecule has 0 aromatic carbocycles. The Morgan fingerprint density at radius 3 is 1.40 bits per heavy atom. The van der Waals surface area contributed by atoms with Crippen molar-refractivity contribution in [3.8, 4) is 0 Å². The minimum atomic E-state index is -3.41. The minimum absolute atomic E-state index is 0.0738. The van der Waals surface area contributed by atoms with Crippen LogP contribution in [0.3, 0.4) is 0 Å². The molecule has 0 heterocycles. The van der Waals surface area contributed by atoms with Crippen molar-refractivity contribution in [3.05, 3.63) is 0 Å². The summed E-state index contributed by atoms with van der Waals surface area (Å²) in [5.74, 6) is 0. The van der Waals surface area contributed by atoms with Gasteiger partial charge < -0.3 is 0 Å². The predicted molar refractivity (Wildman–Crippen MR) is 64.3 cm³/mol. The average Bonchev–Trinajstić information content (AvgIpc) is 1.96. The lowest BCUT2D eigenvalue weighted by Gasteiger charge is -2.23. The predicted octanol–water partition coefficient (Wildman–Crippen LogP) is 4.46. The van der Waals surface area contributed by atoms with Crippen molar-refractivity contribution in [2.24, 2.45) is 10.8 Å². The Morgan fingerprint density at radius 1 is 0.933 bits per heavy atom. The van der Waals surface area contributed by atoms with Gasteiger partial charge in [0.25, 0.3) is 0 Å². The summed E-state index contributed by atoms with van der Waals surface area (Å²) < 4.78 is 21.8. The second-order valence-electron chi connectivity index (χ2n) is 6.10. The molecule has 0 N–H and O–H groups in total. The van der Waals surface area contributed by atoms with E-state index in [0.29, 0.717) is 13.2 Å². The molecule has 0 aromatic rings. The lowest BCUT2D eigenvalue weighted by molar-refractivity contribution is 0.132. The van der Waals surface area contributed by atoms with Crippen molar-refractivity contribution < 1.29 is 13.6 Å². The molecule has 0 saturated heterocycles. The fraction of sp³-hybridized carbons (Fsp3) is 1.00. The maximum Gasteiger partial charge on any atom is 0.424 e. The lowest BCUT2D eigenvalue weighted by atomic mass is 9.99. The molecule has 0 saturated carbocycles. The van der Waals surface area contributed by atoms with Crippen LogP contribution in [0.1, 0.15) is 41.5 Å². The lowest BCUT2D eigenvalue weighted by Crippen LogP contribution is -2.16. The molecule has 0 radical (unpaired) electrons. The number of rotatable bonds is 4. The maximum absolute atomic E-state index is 11.6. The molecule has 0 amide bonds. The van der Waals surface area contributed by atoms with Crippen LogP contribution in [0.5, 0.6) is 0 Å². The number of hydrogen-bond donors (Lipinski definition) is 0. The van der Waals surface area contributed by atoms with Crippen molar-refractivity contribution in [2.75, 3.05) is 13.2 Å². The highest BCUT2D eigenvalue weighted by Gasteiger charge is 2.26. The molecule has 15 heavy (non-hydrogen) atoms. The Hall–Kier alpha value is 0.440. The van der Waals surface area contributed by atoms with Crippen molar-refractivity contribution in [2.45, 2.75) is 41.5 Å². The van der Waals surface area contributed by atoms with Crippen LogP contribution >= 0.6 is 18.2 Å². The van der Waals surface area contributed by atoms with Crippen LogP contribution in [0.2, 0.25) is 0 Å². The molecule has 5 heteroatoms. The molecule has 0 rings (SSSR count). The summed E-state index contributed by atoms with van der Waals surface area (Å²) in [4.78, 5) is 0. The van der Waals surface area contributed by atoms with Gasteiger partial charge in [-0.2, -0.15) is 0 Å². The van der Waals surface area contributed by atoms with Crippen LogP contribution in [0.25, 0.3) is 0 Å². The summed E-state index contributed by atoms with van der Waals surface area (Å²) >= 11 is 5.66. The van der Waals surface area contributed by atoms with Crippen LogP contribution < -0.4 is 0 Å². The summed E-state index contributed by atoms with van der Waals surface area (Å²) in [6, 6.07) is 0. The monoisotopic (exact) mass is 256 g/mol. The average molecular weight is 257 g/mol. The van der Waals surface area contributed by atoms with E-state index in [1.165, 1.54) is 0 Å². The molecular weight excluding hydrogens is 235 g/mol. The number of hydrogen-bond acceptors (Lipinski definition) is 3. The molecule has 0 atom stereocenters. The zero-order valence-corrected chi connectivity index (χ0v) is 12.1. The zero-order chi connectivity index (χ0) is 12.3. The third kappa shape index (κ3) is 10.7. The zero-order valence-electron chi connectivity index (χ0n) is 10.5. The maximum atomic E-state index is 11.6. The molecule has 3 nitrogen and oxygen atoms in total. The molecule has 92 valence electrons. The van der Waals surface area contributed by atoms with Gasteiger partial charge >= 0.3 is 6.95 Å². The Bertz CT molecular complexity index is 218. The van der Waals surface area contributed by atoms with E-state index >= 15 is 0 Å². The van der Waals surface area contributed by atoms with Gasteiger partial charge in [-0.05, 0) is 10.8 Å². The van der Waals surface area contributed by atoms with Crippen LogP contribution in [-0.2, 0) is 13.6 Å². The first-order valence-corrected chi connectivity index (χ1v) is 7.45. The first-order chi connectivity index (χ1) is 6.41. The van der Waals surface area contributed by atoms with Crippen molar-refractivity contribution in [1.29, 1.82) is 0 Å². The summed E-state index contributed by atoms with van der Waals surface area (Å²) in [6.45, 7) is 9.10. The third-order valence-electron chi connectivity index (χ3n) is 1.30. The normalized spacial score (nSPS) is 14.3. The highest BCUT2D eigenvalue weighted by atomic mass is 35.7. The fourth-order valence-electron chi connectivity index (χ4n) is 0.579. The molecule has 0 unspecified atom stereocenters. The highest BCUT2D eigenvalue weighted by molar-refractivity contribution is 7.81. The first kappa shape index (κ1) is 15.4. The standard InChI is InChI=1S/C10H22ClO3P/c1-9(2,3)7-13-15(11,12)14-8-10(4,5)6/h7-8H2,1-6H3.